The summed E-state index contributed by atoms with van der Waals surface area (Å²) in [6.45, 7) is 1.45. The minimum atomic E-state index is -1.55. The Balaban J connectivity index is 1.98. The van der Waals surface area contributed by atoms with Crippen molar-refractivity contribution in [2.75, 3.05) is 19.6 Å². The Morgan fingerprint density at radius 3 is 2.55 bits per heavy atom. The van der Waals surface area contributed by atoms with Gasteiger partial charge in [-0.25, -0.2) is 4.79 Å². The van der Waals surface area contributed by atoms with Crippen LogP contribution in [0.5, 0.6) is 0 Å². The third-order valence-electron chi connectivity index (χ3n) is 3.90. The highest BCUT2D eigenvalue weighted by molar-refractivity contribution is 5.85. The number of nitrogens with zero attached hydrogens (tertiary/aromatic N) is 1. The van der Waals surface area contributed by atoms with E-state index in [2.05, 4.69) is 10.6 Å². The van der Waals surface area contributed by atoms with Crippen molar-refractivity contribution in [3.05, 3.63) is 0 Å². The van der Waals surface area contributed by atoms with Gasteiger partial charge in [0.1, 0.15) is 11.8 Å². The molecule has 6 N–H and O–H groups in total. The van der Waals surface area contributed by atoms with Crippen LogP contribution in [0.1, 0.15) is 25.7 Å². The SMILES string of the molecule is N[C@@]1(O)CC[C@@H](C(=O)NC2CCNCC2)N(C(=O)O)C1. The molecular weight excluding hydrogens is 264 g/mol. The summed E-state index contributed by atoms with van der Waals surface area (Å²) < 4.78 is 0. The molecule has 0 radical (unpaired) electrons. The molecule has 0 saturated carbocycles. The zero-order chi connectivity index (χ0) is 14.8. The number of hydrogen-bond donors (Lipinski definition) is 5. The van der Waals surface area contributed by atoms with Crippen LogP contribution in [0.4, 0.5) is 4.79 Å². The minimum Gasteiger partial charge on any atom is -0.465 e. The molecule has 2 rings (SSSR count). The highest BCUT2D eigenvalue weighted by atomic mass is 16.4. The summed E-state index contributed by atoms with van der Waals surface area (Å²) >= 11 is 0. The van der Waals surface area contributed by atoms with E-state index in [1.807, 2.05) is 0 Å². The standard InChI is InChI=1S/C12H22N4O4/c13-12(20)4-1-9(16(7-12)11(18)19)10(17)15-8-2-5-14-6-3-8/h8-9,14,20H,1-7,13H2,(H,15,17)(H,18,19)/t9-,12+/m0/s1. The fourth-order valence-corrected chi connectivity index (χ4v) is 2.76. The van der Waals surface area contributed by atoms with Gasteiger partial charge in [-0.3, -0.25) is 9.69 Å². The third-order valence-corrected chi connectivity index (χ3v) is 3.90. The Morgan fingerprint density at radius 1 is 1.30 bits per heavy atom. The van der Waals surface area contributed by atoms with E-state index < -0.39 is 17.9 Å². The summed E-state index contributed by atoms with van der Waals surface area (Å²) in [5.41, 5.74) is 4.01. The number of rotatable bonds is 2. The lowest BCUT2D eigenvalue weighted by Crippen LogP contribution is -2.63. The van der Waals surface area contributed by atoms with E-state index in [1.54, 1.807) is 0 Å². The maximum Gasteiger partial charge on any atom is 0.408 e. The van der Waals surface area contributed by atoms with Crippen LogP contribution in [0.15, 0.2) is 0 Å². The molecule has 0 aromatic rings. The number of aliphatic hydroxyl groups is 1. The molecule has 0 unspecified atom stereocenters. The summed E-state index contributed by atoms with van der Waals surface area (Å²) in [4.78, 5) is 24.4. The van der Waals surface area contributed by atoms with Crippen molar-refractivity contribution in [2.45, 2.75) is 43.5 Å². The van der Waals surface area contributed by atoms with Crippen LogP contribution in [0.2, 0.25) is 0 Å². The normalized spacial score (nSPS) is 31.9. The Morgan fingerprint density at radius 2 is 1.95 bits per heavy atom. The fourth-order valence-electron chi connectivity index (χ4n) is 2.76. The Kier molecular flexibility index (Phi) is 4.46. The van der Waals surface area contributed by atoms with Crippen LogP contribution in [-0.2, 0) is 4.79 Å². The van der Waals surface area contributed by atoms with E-state index in [9.17, 15) is 14.7 Å². The van der Waals surface area contributed by atoms with E-state index in [0.29, 0.717) is 0 Å². The van der Waals surface area contributed by atoms with Crippen molar-refractivity contribution < 1.29 is 19.8 Å². The van der Waals surface area contributed by atoms with Gasteiger partial charge in [-0.1, -0.05) is 0 Å². The summed E-state index contributed by atoms with van der Waals surface area (Å²) in [6, 6.07) is -0.690. The first kappa shape index (κ1) is 15.0. The van der Waals surface area contributed by atoms with Crippen molar-refractivity contribution >= 4 is 12.0 Å². The molecule has 0 spiro atoms. The molecule has 2 heterocycles. The first-order valence-corrected chi connectivity index (χ1v) is 6.91. The van der Waals surface area contributed by atoms with Crippen LogP contribution >= 0.6 is 0 Å². The lowest BCUT2D eigenvalue weighted by molar-refractivity contribution is -0.131. The first-order valence-electron chi connectivity index (χ1n) is 6.91. The Labute approximate surface area is 117 Å². The average Bonchev–Trinajstić information content (AvgIpc) is 2.38. The third kappa shape index (κ3) is 3.59. The minimum absolute atomic E-state index is 0.0816. The molecule has 2 aliphatic rings. The molecule has 0 aromatic heterocycles. The second kappa shape index (κ2) is 5.94. The van der Waals surface area contributed by atoms with Gasteiger partial charge < -0.3 is 26.6 Å². The van der Waals surface area contributed by atoms with E-state index in [4.69, 9.17) is 10.8 Å². The second-order valence-corrected chi connectivity index (χ2v) is 5.60. The monoisotopic (exact) mass is 286 g/mol. The molecule has 0 aromatic carbocycles. The van der Waals surface area contributed by atoms with E-state index in [1.165, 1.54) is 0 Å². The van der Waals surface area contributed by atoms with Gasteiger partial charge in [-0.15, -0.1) is 0 Å². The number of nitrogens with one attached hydrogen (secondary N) is 2. The highest BCUT2D eigenvalue weighted by Gasteiger charge is 2.41. The van der Waals surface area contributed by atoms with Crippen LogP contribution in [0, 0.1) is 0 Å². The quantitative estimate of drug-likeness (QED) is 0.399. The molecule has 2 atom stereocenters. The number of carbonyl (C=O) groups excluding carboxylic acids is 1. The number of amides is 2. The van der Waals surface area contributed by atoms with Crippen molar-refractivity contribution in [2.24, 2.45) is 5.73 Å². The van der Waals surface area contributed by atoms with Gasteiger partial charge in [0.2, 0.25) is 5.91 Å². The first-order chi connectivity index (χ1) is 9.39. The number of piperidine rings is 2. The summed E-state index contributed by atoms with van der Waals surface area (Å²) in [5.74, 6) is -0.296. The molecular formula is C12H22N4O4. The van der Waals surface area contributed by atoms with Gasteiger partial charge in [0.25, 0.3) is 0 Å². The average molecular weight is 286 g/mol. The predicted octanol–water partition coefficient (Wildman–Crippen LogP) is -1.36. The van der Waals surface area contributed by atoms with Crippen LogP contribution < -0.4 is 16.4 Å². The maximum atomic E-state index is 12.2. The van der Waals surface area contributed by atoms with Crippen LogP contribution in [-0.4, -0.2) is 64.6 Å². The summed E-state index contributed by atoms with van der Waals surface area (Å²) in [6.07, 6.45) is 0.884. The van der Waals surface area contributed by atoms with Crippen molar-refractivity contribution in [1.29, 1.82) is 0 Å². The lowest BCUT2D eigenvalue weighted by atomic mass is 9.95. The summed E-state index contributed by atoms with van der Waals surface area (Å²) in [7, 11) is 0. The number of carboxylic acid groups (broad SMARTS) is 1. The smallest absolute Gasteiger partial charge is 0.408 e. The molecule has 2 fully saturated rings. The van der Waals surface area contributed by atoms with Crippen molar-refractivity contribution in [3.8, 4) is 0 Å². The molecule has 2 aliphatic heterocycles. The molecule has 2 amide bonds. The molecule has 8 heteroatoms. The fraction of sp³-hybridized carbons (Fsp3) is 0.833. The van der Waals surface area contributed by atoms with Gasteiger partial charge in [0.05, 0.1) is 6.54 Å². The molecule has 0 aliphatic carbocycles. The van der Waals surface area contributed by atoms with Crippen LogP contribution in [0.25, 0.3) is 0 Å². The van der Waals surface area contributed by atoms with Gasteiger partial charge >= 0.3 is 6.09 Å². The van der Waals surface area contributed by atoms with Gasteiger partial charge in [-0.2, -0.15) is 0 Å². The number of hydrogen-bond acceptors (Lipinski definition) is 5. The van der Waals surface area contributed by atoms with Gasteiger partial charge in [0.15, 0.2) is 0 Å². The van der Waals surface area contributed by atoms with E-state index >= 15 is 0 Å². The zero-order valence-corrected chi connectivity index (χ0v) is 11.3. The number of likely N-dealkylation sites (tertiary alicyclic amines) is 1. The van der Waals surface area contributed by atoms with E-state index in [0.717, 1.165) is 30.8 Å². The largest absolute Gasteiger partial charge is 0.465 e. The van der Waals surface area contributed by atoms with Crippen molar-refractivity contribution in [3.63, 3.8) is 0 Å². The Hall–Kier alpha value is -1.38. The van der Waals surface area contributed by atoms with Crippen LogP contribution in [0.3, 0.4) is 0 Å². The Bertz CT molecular complexity index is 382. The van der Waals surface area contributed by atoms with E-state index in [-0.39, 0.29) is 31.3 Å². The second-order valence-electron chi connectivity index (χ2n) is 5.60. The maximum absolute atomic E-state index is 12.2. The summed E-state index contributed by atoms with van der Waals surface area (Å²) in [5, 5.41) is 25.0. The molecule has 114 valence electrons. The van der Waals surface area contributed by atoms with Gasteiger partial charge in [-0.05, 0) is 38.8 Å². The topological polar surface area (TPSA) is 128 Å². The zero-order valence-electron chi connectivity index (χ0n) is 11.3. The molecule has 20 heavy (non-hydrogen) atoms. The van der Waals surface area contributed by atoms with Crippen molar-refractivity contribution in [1.82, 2.24) is 15.5 Å². The van der Waals surface area contributed by atoms with Gasteiger partial charge in [0, 0.05) is 6.04 Å². The molecule has 8 nitrogen and oxygen atoms in total. The predicted molar refractivity (Wildman–Crippen MR) is 70.9 cm³/mol. The highest BCUT2D eigenvalue weighted by Crippen LogP contribution is 2.22. The lowest BCUT2D eigenvalue weighted by Gasteiger charge is -2.40. The number of β-amino-alcohol motifs (C(OH)–C–C–N with tert-alkyl or cyclic N) is 1. The number of carbonyl (C=O) groups is 2. The molecule has 2 saturated heterocycles. The molecule has 0 bridgehead atoms. The number of nitrogens with two attached hydrogens (primary N) is 1.